The van der Waals surface area contributed by atoms with Gasteiger partial charge < -0.3 is 14.8 Å². The number of imidazole rings is 1. The molecule has 3 aliphatic heterocycles. The van der Waals surface area contributed by atoms with Gasteiger partial charge in [-0.15, -0.1) is 0 Å². The molecule has 0 radical (unpaired) electrons. The number of rotatable bonds is 7. The van der Waals surface area contributed by atoms with Gasteiger partial charge in [-0.1, -0.05) is 39.0 Å². The maximum Gasteiger partial charge on any atom is 0.326 e. The van der Waals surface area contributed by atoms with Gasteiger partial charge in [0.1, 0.15) is 11.6 Å². The summed E-state index contributed by atoms with van der Waals surface area (Å²) in [4.78, 5) is 37.7. The van der Waals surface area contributed by atoms with E-state index in [0.717, 1.165) is 56.0 Å². The van der Waals surface area contributed by atoms with Crippen molar-refractivity contribution >= 4 is 23.3 Å². The smallest absolute Gasteiger partial charge is 0.326 e. The second kappa shape index (κ2) is 12.3. The molecule has 234 valence electrons. The molecule has 2 saturated heterocycles. The van der Waals surface area contributed by atoms with E-state index in [-0.39, 0.29) is 23.2 Å². The van der Waals surface area contributed by atoms with Crippen LogP contribution in [0.5, 0.6) is 0 Å². The second-order valence-corrected chi connectivity index (χ2v) is 13.7. The molecular weight excluding hydrogens is 555 g/mol. The molecular formula is C35H45FN6O2. The fraction of sp³-hybridized carbons (Fsp3) is 0.514. The molecule has 2 bridgehead atoms. The van der Waals surface area contributed by atoms with Crippen LogP contribution in [0, 0.1) is 18.2 Å². The van der Waals surface area contributed by atoms with Crippen LogP contribution in [0.4, 0.5) is 20.6 Å². The van der Waals surface area contributed by atoms with Crippen LogP contribution < -0.4 is 10.2 Å². The van der Waals surface area contributed by atoms with Crippen molar-refractivity contribution in [1.82, 2.24) is 19.4 Å². The monoisotopic (exact) mass is 600 g/mol. The van der Waals surface area contributed by atoms with E-state index >= 15 is 0 Å². The van der Waals surface area contributed by atoms with Gasteiger partial charge in [0.15, 0.2) is 0 Å². The molecule has 1 N–H and O–H groups in total. The Bertz CT molecular complexity index is 1470. The molecule has 3 amide bonds. The number of piperidine rings is 1. The molecule has 3 aliphatic rings. The molecule has 0 saturated carbocycles. The average molecular weight is 601 g/mol. The van der Waals surface area contributed by atoms with Crippen LogP contribution in [0.15, 0.2) is 54.6 Å². The Labute approximate surface area is 260 Å². The number of aromatic nitrogens is 2. The highest BCUT2D eigenvalue weighted by Gasteiger charge is 2.42. The van der Waals surface area contributed by atoms with E-state index in [9.17, 15) is 14.0 Å². The van der Waals surface area contributed by atoms with Crippen LogP contribution >= 0.6 is 0 Å². The van der Waals surface area contributed by atoms with E-state index in [0.29, 0.717) is 36.9 Å². The number of hydrogen-bond donors (Lipinski definition) is 1. The van der Waals surface area contributed by atoms with Gasteiger partial charge in [-0.05, 0) is 75.4 Å². The minimum atomic E-state index is -0.383. The number of para-hydroxylation sites is 1. The quantitative estimate of drug-likeness (QED) is 0.334. The first kappa shape index (κ1) is 30.3. The molecule has 0 aliphatic carbocycles. The van der Waals surface area contributed by atoms with Crippen LogP contribution in [-0.4, -0.2) is 63.0 Å². The van der Waals surface area contributed by atoms with E-state index in [1.165, 1.54) is 30.7 Å². The number of urea groups is 1. The number of fused-ring (bicyclic) bond motifs is 3. The Morgan fingerprint density at radius 3 is 2.34 bits per heavy atom. The number of aryl methyl sites for hydroxylation is 1. The van der Waals surface area contributed by atoms with Crippen LogP contribution in [0.25, 0.3) is 0 Å². The summed E-state index contributed by atoms with van der Waals surface area (Å²) in [6.07, 6.45) is 6.36. The molecule has 8 nitrogen and oxygen atoms in total. The van der Waals surface area contributed by atoms with Crippen molar-refractivity contribution in [2.45, 2.75) is 90.9 Å². The summed E-state index contributed by atoms with van der Waals surface area (Å²) in [7, 11) is 0. The summed E-state index contributed by atoms with van der Waals surface area (Å²) in [5.41, 5.74) is 3.43. The topological polar surface area (TPSA) is 73.7 Å². The summed E-state index contributed by atoms with van der Waals surface area (Å²) < 4.78 is 15.9. The first-order valence-corrected chi connectivity index (χ1v) is 16.1. The van der Waals surface area contributed by atoms with Crippen molar-refractivity contribution in [1.29, 1.82) is 0 Å². The van der Waals surface area contributed by atoms with Gasteiger partial charge >= 0.3 is 6.03 Å². The molecule has 3 atom stereocenters. The minimum Gasteiger partial charge on any atom is -0.336 e. The van der Waals surface area contributed by atoms with E-state index in [1.807, 2.05) is 56.0 Å². The Balaban J connectivity index is 1.09. The van der Waals surface area contributed by atoms with Crippen LogP contribution in [0.3, 0.4) is 0 Å². The number of benzene rings is 2. The van der Waals surface area contributed by atoms with Crippen molar-refractivity contribution < 1.29 is 14.0 Å². The number of nitrogens with zero attached hydrogens (tertiary/aromatic N) is 5. The first-order chi connectivity index (χ1) is 21.1. The maximum atomic E-state index is 13.4. The number of halogens is 1. The largest absolute Gasteiger partial charge is 0.336 e. The van der Waals surface area contributed by atoms with Crippen LogP contribution in [0.2, 0.25) is 0 Å². The Kier molecular flexibility index (Phi) is 8.51. The van der Waals surface area contributed by atoms with Crippen molar-refractivity contribution in [3.8, 4) is 0 Å². The van der Waals surface area contributed by atoms with E-state index in [1.54, 1.807) is 17.0 Å². The first-order valence-electron chi connectivity index (χ1n) is 16.1. The molecule has 9 heteroatoms. The third-order valence-electron chi connectivity index (χ3n) is 9.59. The maximum absolute atomic E-state index is 13.4. The Morgan fingerprint density at radius 2 is 1.68 bits per heavy atom. The van der Waals surface area contributed by atoms with Crippen molar-refractivity contribution in [2.75, 3.05) is 29.9 Å². The summed E-state index contributed by atoms with van der Waals surface area (Å²) in [6, 6.07) is 16.9. The molecule has 2 aromatic carbocycles. The zero-order chi connectivity index (χ0) is 31.0. The van der Waals surface area contributed by atoms with Gasteiger partial charge in [0.05, 0.1) is 12.2 Å². The summed E-state index contributed by atoms with van der Waals surface area (Å²) >= 11 is 0. The molecule has 44 heavy (non-hydrogen) atoms. The highest BCUT2D eigenvalue weighted by Crippen LogP contribution is 2.42. The number of carbonyl (C=O) groups excluding carboxylic acids is 2. The number of carbonyl (C=O) groups is 2. The molecule has 0 spiro atoms. The lowest BCUT2D eigenvalue weighted by Crippen LogP contribution is -2.46. The van der Waals surface area contributed by atoms with Crippen LogP contribution in [0.1, 0.15) is 76.1 Å². The number of amides is 3. The second-order valence-electron chi connectivity index (χ2n) is 13.7. The standard InChI is InChI=1S/C35H45FN6O2/c1-24-37-31-23-39(33(43)35(2,3)4)20-17-32(31)42(24)30-21-28-15-16-29(22-30)40(28)18-8-19-41(27-9-6-5-7-10-27)34(44)38-26-13-11-25(36)12-14-26/h5-7,9-14,28-30H,8,15-23H2,1-4H3,(H,38,44)/t28-,29+,30?. The predicted molar refractivity (Wildman–Crippen MR) is 171 cm³/mol. The summed E-state index contributed by atoms with van der Waals surface area (Å²) in [5.74, 6) is 0.938. The third-order valence-corrected chi connectivity index (χ3v) is 9.59. The highest BCUT2D eigenvalue weighted by molar-refractivity contribution is 6.01. The molecule has 1 aromatic heterocycles. The molecule has 6 rings (SSSR count). The van der Waals surface area contributed by atoms with E-state index < -0.39 is 0 Å². The number of anilines is 2. The van der Waals surface area contributed by atoms with Gasteiger partial charge in [0.25, 0.3) is 0 Å². The van der Waals surface area contributed by atoms with Crippen molar-refractivity contribution in [2.24, 2.45) is 5.41 Å². The predicted octanol–water partition coefficient (Wildman–Crippen LogP) is 6.56. The van der Waals surface area contributed by atoms with Crippen molar-refractivity contribution in [3.63, 3.8) is 0 Å². The number of nitrogens with one attached hydrogen (secondary N) is 1. The lowest BCUT2D eigenvalue weighted by molar-refractivity contribution is -0.140. The zero-order valence-electron chi connectivity index (χ0n) is 26.4. The fourth-order valence-corrected chi connectivity index (χ4v) is 7.59. The Hall–Kier alpha value is -3.72. The average Bonchev–Trinajstić information content (AvgIpc) is 3.45. The van der Waals surface area contributed by atoms with E-state index in [4.69, 9.17) is 4.98 Å². The normalized spacial score (nSPS) is 21.7. The number of hydrogen-bond acceptors (Lipinski definition) is 4. The third kappa shape index (κ3) is 6.25. The molecule has 4 heterocycles. The molecule has 2 fully saturated rings. The SMILES string of the molecule is Cc1nc2c(n1C1C[C@H]3CC[C@@H](C1)N3CCCN(C(=O)Nc1ccc(F)cc1)c1ccccc1)CCN(C(=O)C(C)(C)C)C2. The summed E-state index contributed by atoms with van der Waals surface area (Å²) in [5, 5.41) is 2.93. The highest BCUT2D eigenvalue weighted by atomic mass is 19.1. The van der Waals surface area contributed by atoms with Crippen molar-refractivity contribution in [3.05, 3.63) is 77.6 Å². The van der Waals surface area contributed by atoms with Gasteiger partial charge in [0.2, 0.25) is 5.91 Å². The minimum absolute atomic E-state index is 0.195. The molecule has 3 aromatic rings. The van der Waals surface area contributed by atoms with Gasteiger partial charge in [-0.2, -0.15) is 0 Å². The van der Waals surface area contributed by atoms with Gasteiger partial charge in [0, 0.05) is 66.7 Å². The lowest BCUT2D eigenvalue weighted by Gasteiger charge is -2.41. The zero-order valence-corrected chi connectivity index (χ0v) is 26.4. The lowest BCUT2D eigenvalue weighted by atomic mass is 9.93. The molecule has 1 unspecified atom stereocenters. The summed E-state index contributed by atoms with van der Waals surface area (Å²) in [6.45, 7) is 11.0. The van der Waals surface area contributed by atoms with Crippen LogP contribution in [-0.2, 0) is 17.8 Å². The fourth-order valence-electron chi connectivity index (χ4n) is 7.59. The van der Waals surface area contributed by atoms with Gasteiger partial charge in [-0.3, -0.25) is 14.6 Å². The Morgan fingerprint density at radius 1 is 1.00 bits per heavy atom. The van der Waals surface area contributed by atoms with Gasteiger partial charge in [-0.25, -0.2) is 14.2 Å². The van der Waals surface area contributed by atoms with E-state index in [2.05, 4.69) is 21.7 Å².